The molecule has 0 aliphatic heterocycles. The number of hydrogen-bond acceptors (Lipinski definition) is 6. The van der Waals surface area contributed by atoms with Crippen molar-refractivity contribution in [1.82, 2.24) is 14.9 Å². The van der Waals surface area contributed by atoms with Gasteiger partial charge in [-0.05, 0) is 78.5 Å². The number of benzene rings is 3. The Morgan fingerprint density at radius 1 is 0.979 bits per heavy atom. The number of carboxylic acid groups (broad SMARTS) is 1. The third kappa shape index (κ3) is 9.32. The number of aromatic nitrogens is 2. The van der Waals surface area contributed by atoms with Crippen LogP contribution in [0.4, 0.5) is 0 Å². The van der Waals surface area contributed by atoms with Crippen LogP contribution in [-0.4, -0.2) is 49.5 Å². The van der Waals surface area contributed by atoms with Gasteiger partial charge >= 0.3 is 5.97 Å². The second-order valence-corrected chi connectivity index (χ2v) is 14.3. The predicted octanol–water partition coefficient (Wildman–Crippen LogP) is 7.49. The fourth-order valence-electron chi connectivity index (χ4n) is 5.96. The number of carbonyl (C=O) groups is 3. The molecule has 8 nitrogen and oxygen atoms in total. The molecule has 1 amide bonds. The van der Waals surface area contributed by atoms with Crippen molar-refractivity contribution < 1.29 is 19.5 Å². The van der Waals surface area contributed by atoms with Gasteiger partial charge in [-0.25, -0.2) is 9.78 Å². The molecule has 0 aliphatic rings. The first-order chi connectivity index (χ1) is 22.4. The third-order valence-electron chi connectivity index (χ3n) is 8.17. The molecule has 3 aromatic carbocycles. The van der Waals surface area contributed by atoms with Gasteiger partial charge in [0.2, 0.25) is 5.12 Å². The molecule has 2 atom stereocenters. The Labute approximate surface area is 282 Å². The molecule has 0 spiro atoms. The van der Waals surface area contributed by atoms with Crippen LogP contribution in [0.2, 0.25) is 0 Å². The summed E-state index contributed by atoms with van der Waals surface area (Å²) in [5.41, 5.74) is 12.2. The van der Waals surface area contributed by atoms with Crippen LogP contribution in [0, 0.1) is 18.8 Å². The molecule has 0 radical (unpaired) electrons. The van der Waals surface area contributed by atoms with Gasteiger partial charge < -0.3 is 20.7 Å². The van der Waals surface area contributed by atoms with Crippen LogP contribution < -0.4 is 11.1 Å². The highest BCUT2D eigenvalue weighted by Crippen LogP contribution is 2.27. The second kappa shape index (κ2) is 16.2. The van der Waals surface area contributed by atoms with E-state index >= 15 is 0 Å². The fourth-order valence-corrected chi connectivity index (χ4v) is 6.85. The Hall–Kier alpha value is -3.95. The SMILES string of the molecule is CCCc1nc2c(C)cc(C(=O)N[C@@H](CSC(=O)[C@@H](N)CC(C)C)CC(C)C)cc2n1Cc1ccc(-c2ccccc2C(=O)O)cc1. The van der Waals surface area contributed by atoms with Crippen molar-refractivity contribution in [2.24, 2.45) is 17.6 Å². The van der Waals surface area contributed by atoms with Crippen molar-refractivity contribution in [3.05, 3.63) is 88.7 Å². The average molecular weight is 657 g/mol. The molecule has 0 unspecified atom stereocenters. The summed E-state index contributed by atoms with van der Waals surface area (Å²) in [5.74, 6) is 0.974. The highest BCUT2D eigenvalue weighted by molar-refractivity contribution is 8.13. The molecule has 1 aromatic heterocycles. The molecule has 0 bridgehead atoms. The minimum atomic E-state index is -0.956. The van der Waals surface area contributed by atoms with Crippen molar-refractivity contribution in [2.45, 2.75) is 85.9 Å². The van der Waals surface area contributed by atoms with E-state index < -0.39 is 12.0 Å². The number of nitrogens with two attached hydrogens (primary N) is 1. The minimum absolute atomic E-state index is 0.0366. The number of aromatic carboxylic acids is 1. The van der Waals surface area contributed by atoms with Crippen LogP contribution in [0.15, 0.2) is 60.7 Å². The Morgan fingerprint density at radius 3 is 2.30 bits per heavy atom. The first kappa shape index (κ1) is 35.9. The number of rotatable bonds is 15. The number of nitrogens with zero attached hydrogens (tertiary/aromatic N) is 2. The van der Waals surface area contributed by atoms with Crippen LogP contribution in [0.3, 0.4) is 0 Å². The van der Waals surface area contributed by atoms with Crippen molar-refractivity contribution in [3.8, 4) is 11.1 Å². The largest absolute Gasteiger partial charge is 0.478 e. The summed E-state index contributed by atoms with van der Waals surface area (Å²) in [6.45, 7) is 13.0. The molecule has 1 heterocycles. The average Bonchev–Trinajstić information content (AvgIpc) is 3.36. The number of fused-ring (bicyclic) bond motifs is 1. The molecule has 9 heteroatoms. The number of amides is 1. The topological polar surface area (TPSA) is 127 Å². The van der Waals surface area contributed by atoms with E-state index in [1.165, 1.54) is 11.8 Å². The zero-order valence-electron chi connectivity index (χ0n) is 28.4. The predicted molar refractivity (Wildman–Crippen MR) is 192 cm³/mol. The summed E-state index contributed by atoms with van der Waals surface area (Å²) >= 11 is 1.21. The van der Waals surface area contributed by atoms with Crippen molar-refractivity contribution >= 4 is 39.8 Å². The van der Waals surface area contributed by atoms with Gasteiger partial charge in [-0.3, -0.25) is 9.59 Å². The van der Waals surface area contributed by atoms with Crippen molar-refractivity contribution in [2.75, 3.05) is 5.75 Å². The molecular weight excluding hydrogens is 609 g/mol. The van der Waals surface area contributed by atoms with Gasteiger partial charge in [-0.1, -0.05) is 88.8 Å². The molecule has 0 saturated carbocycles. The molecule has 4 N–H and O–H groups in total. The molecule has 0 saturated heterocycles. The number of nitrogens with one attached hydrogen (secondary N) is 1. The minimum Gasteiger partial charge on any atom is -0.478 e. The quantitative estimate of drug-likeness (QED) is 0.121. The number of carbonyl (C=O) groups excluding carboxylic acids is 2. The maximum Gasteiger partial charge on any atom is 0.336 e. The van der Waals surface area contributed by atoms with Crippen molar-refractivity contribution in [3.63, 3.8) is 0 Å². The van der Waals surface area contributed by atoms with Gasteiger partial charge in [-0.2, -0.15) is 0 Å². The zero-order chi connectivity index (χ0) is 34.2. The van der Waals surface area contributed by atoms with Crippen LogP contribution in [0.5, 0.6) is 0 Å². The van der Waals surface area contributed by atoms with Crippen LogP contribution >= 0.6 is 11.8 Å². The maximum atomic E-state index is 13.7. The standard InChI is InChI=1S/C38H48N4O4S/c1-7-10-34-41-35-25(6)19-28(36(43)40-29(17-23(2)3)22-47-38(46)32(39)18-24(4)5)20-33(35)42(34)21-26-13-15-27(16-14-26)30-11-8-9-12-31(30)37(44)45/h8-9,11-16,19-20,23-24,29,32H,7,10,17-18,21-22,39H2,1-6H3,(H,40,43)(H,44,45)/t29-,32+/m1/s1. The summed E-state index contributed by atoms with van der Waals surface area (Å²) in [5, 5.41) is 12.8. The molecule has 4 aromatic rings. The van der Waals surface area contributed by atoms with E-state index in [2.05, 4.69) is 44.5 Å². The Morgan fingerprint density at radius 2 is 1.66 bits per heavy atom. The summed E-state index contributed by atoms with van der Waals surface area (Å²) in [4.78, 5) is 43.1. The highest BCUT2D eigenvalue weighted by atomic mass is 32.2. The van der Waals surface area contributed by atoms with E-state index in [9.17, 15) is 19.5 Å². The molecule has 0 fully saturated rings. The van der Waals surface area contributed by atoms with Crippen LogP contribution in [-0.2, 0) is 17.8 Å². The Kier molecular flexibility index (Phi) is 12.4. The number of carboxylic acids is 1. The van der Waals surface area contributed by atoms with E-state index in [1.54, 1.807) is 12.1 Å². The van der Waals surface area contributed by atoms with Gasteiger partial charge in [-0.15, -0.1) is 0 Å². The zero-order valence-corrected chi connectivity index (χ0v) is 29.2. The molecule has 4 rings (SSSR count). The van der Waals surface area contributed by atoms with E-state index in [1.807, 2.05) is 55.5 Å². The van der Waals surface area contributed by atoms with E-state index in [0.717, 1.165) is 52.8 Å². The smallest absolute Gasteiger partial charge is 0.336 e. The Balaban J connectivity index is 1.60. The van der Waals surface area contributed by atoms with Crippen LogP contribution in [0.25, 0.3) is 22.2 Å². The number of aryl methyl sites for hydroxylation is 2. The lowest BCUT2D eigenvalue weighted by Crippen LogP contribution is -2.39. The van der Waals surface area contributed by atoms with Gasteiger partial charge in [0.05, 0.1) is 22.6 Å². The fraction of sp³-hybridized carbons (Fsp3) is 0.421. The van der Waals surface area contributed by atoms with Gasteiger partial charge in [0.1, 0.15) is 5.82 Å². The lowest BCUT2D eigenvalue weighted by molar-refractivity contribution is -0.112. The summed E-state index contributed by atoms with van der Waals surface area (Å²) < 4.78 is 2.18. The van der Waals surface area contributed by atoms with Gasteiger partial charge in [0.15, 0.2) is 0 Å². The molecule has 47 heavy (non-hydrogen) atoms. The number of imidazole rings is 1. The summed E-state index contributed by atoms with van der Waals surface area (Å²) in [7, 11) is 0. The number of hydrogen-bond donors (Lipinski definition) is 3. The number of thioether (sulfide) groups is 1. The normalized spacial score (nSPS) is 12.9. The van der Waals surface area contributed by atoms with E-state index in [0.29, 0.717) is 41.7 Å². The van der Waals surface area contributed by atoms with Crippen LogP contribution in [0.1, 0.15) is 91.5 Å². The molecular formula is C38H48N4O4S. The van der Waals surface area contributed by atoms with Gasteiger partial charge in [0.25, 0.3) is 5.91 Å². The maximum absolute atomic E-state index is 13.7. The van der Waals surface area contributed by atoms with Crippen molar-refractivity contribution in [1.29, 1.82) is 0 Å². The monoisotopic (exact) mass is 656 g/mol. The molecule has 250 valence electrons. The van der Waals surface area contributed by atoms with E-state index in [-0.39, 0.29) is 22.6 Å². The Bertz CT molecular complexity index is 1710. The highest BCUT2D eigenvalue weighted by Gasteiger charge is 2.22. The first-order valence-corrected chi connectivity index (χ1v) is 17.5. The summed E-state index contributed by atoms with van der Waals surface area (Å²) in [6, 6.07) is 18.1. The lowest BCUT2D eigenvalue weighted by atomic mass is 9.98. The summed E-state index contributed by atoms with van der Waals surface area (Å²) in [6.07, 6.45) is 3.11. The second-order valence-electron chi connectivity index (χ2n) is 13.2. The lowest BCUT2D eigenvalue weighted by Gasteiger charge is -2.21. The molecule has 0 aliphatic carbocycles. The van der Waals surface area contributed by atoms with Gasteiger partial charge in [0, 0.05) is 30.3 Å². The first-order valence-electron chi connectivity index (χ1n) is 16.5. The third-order valence-corrected chi connectivity index (χ3v) is 9.32. The van der Waals surface area contributed by atoms with E-state index in [4.69, 9.17) is 10.7 Å².